The number of carbonyl (C=O) groups is 1. The molecule has 86 valence electrons. The first-order valence-corrected chi connectivity index (χ1v) is 5.63. The van der Waals surface area contributed by atoms with Crippen LogP contribution in [0.2, 0.25) is 0 Å². The van der Waals surface area contributed by atoms with E-state index in [0.29, 0.717) is 19.1 Å². The van der Waals surface area contributed by atoms with E-state index in [2.05, 4.69) is 9.55 Å². The Morgan fingerprint density at radius 2 is 2.31 bits per heavy atom. The maximum absolute atomic E-state index is 11.1. The first kappa shape index (κ1) is 9.84. The van der Waals surface area contributed by atoms with Gasteiger partial charge in [0.25, 0.3) is 0 Å². The van der Waals surface area contributed by atoms with Crippen molar-refractivity contribution in [1.82, 2.24) is 9.55 Å². The monoisotopic (exact) mass is 222 g/mol. The van der Waals surface area contributed by atoms with E-state index in [4.69, 9.17) is 9.84 Å². The Kier molecular flexibility index (Phi) is 2.21. The summed E-state index contributed by atoms with van der Waals surface area (Å²) >= 11 is 0. The van der Waals surface area contributed by atoms with Crippen molar-refractivity contribution in [2.75, 3.05) is 6.61 Å². The van der Waals surface area contributed by atoms with Crippen molar-refractivity contribution in [3.63, 3.8) is 0 Å². The number of aromatic nitrogens is 2. The molecule has 1 aliphatic heterocycles. The zero-order chi connectivity index (χ0) is 11.1. The molecule has 16 heavy (non-hydrogen) atoms. The highest BCUT2D eigenvalue weighted by molar-refractivity contribution is 5.71. The third kappa shape index (κ3) is 1.51. The third-order valence-corrected chi connectivity index (χ3v) is 3.34. The van der Waals surface area contributed by atoms with Gasteiger partial charge in [0.2, 0.25) is 0 Å². The van der Waals surface area contributed by atoms with Gasteiger partial charge in [-0.2, -0.15) is 0 Å². The van der Waals surface area contributed by atoms with Crippen LogP contribution in [0.1, 0.15) is 37.1 Å². The molecule has 2 heterocycles. The minimum absolute atomic E-state index is 0.319. The van der Waals surface area contributed by atoms with Crippen LogP contribution >= 0.6 is 0 Å². The fourth-order valence-corrected chi connectivity index (χ4v) is 2.33. The Bertz CT molecular complexity index is 411. The number of nitrogens with zero attached hydrogens (tertiary/aromatic N) is 2. The predicted octanol–water partition coefficient (Wildman–Crippen LogP) is 1.38. The maximum atomic E-state index is 11.1. The second-order valence-corrected chi connectivity index (χ2v) is 4.48. The molecule has 1 saturated heterocycles. The van der Waals surface area contributed by atoms with E-state index < -0.39 is 11.9 Å². The maximum Gasteiger partial charge on any atom is 0.309 e. The Morgan fingerprint density at radius 3 is 3.00 bits per heavy atom. The molecule has 0 radical (unpaired) electrons. The fraction of sp³-hybridized carbons (Fsp3) is 0.636. The summed E-state index contributed by atoms with van der Waals surface area (Å²) in [6, 6.07) is 0.510. The second-order valence-electron chi connectivity index (χ2n) is 4.48. The topological polar surface area (TPSA) is 64.3 Å². The number of aliphatic carboxylic acids is 1. The van der Waals surface area contributed by atoms with Crippen molar-refractivity contribution in [3.8, 4) is 0 Å². The highest BCUT2D eigenvalue weighted by Crippen LogP contribution is 2.41. The van der Waals surface area contributed by atoms with Gasteiger partial charge in [0.1, 0.15) is 6.10 Å². The van der Waals surface area contributed by atoms with Crippen LogP contribution in [0.4, 0.5) is 0 Å². The van der Waals surface area contributed by atoms with Crippen molar-refractivity contribution in [2.24, 2.45) is 5.92 Å². The van der Waals surface area contributed by atoms with E-state index >= 15 is 0 Å². The molecule has 2 unspecified atom stereocenters. The number of carboxylic acids is 1. The number of hydrogen-bond donors (Lipinski definition) is 1. The summed E-state index contributed by atoms with van der Waals surface area (Å²) < 4.78 is 7.62. The van der Waals surface area contributed by atoms with Gasteiger partial charge >= 0.3 is 5.97 Å². The minimum Gasteiger partial charge on any atom is -0.481 e. The molecule has 1 aromatic heterocycles. The number of ether oxygens (including phenoxy) is 1. The molecule has 3 rings (SSSR count). The van der Waals surface area contributed by atoms with E-state index in [-0.39, 0.29) is 6.10 Å². The molecule has 2 aliphatic rings. The molecule has 2 atom stereocenters. The van der Waals surface area contributed by atoms with Crippen LogP contribution in [0.3, 0.4) is 0 Å². The smallest absolute Gasteiger partial charge is 0.309 e. The summed E-state index contributed by atoms with van der Waals surface area (Å²) in [5, 5.41) is 9.12. The zero-order valence-electron chi connectivity index (χ0n) is 8.87. The molecule has 0 aromatic carbocycles. The van der Waals surface area contributed by atoms with Crippen LogP contribution in [0.15, 0.2) is 12.5 Å². The predicted molar refractivity (Wildman–Crippen MR) is 54.9 cm³/mol. The summed E-state index contributed by atoms with van der Waals surface area (Å²) in [7, 11) is 0. The Morgan fingerprint density at radius 1 is 1.50 bits per heavy atom. The number of rotatable bonds is 3. The highest BCUT2D eigenvalue weighted by atomic mass is 16.5. The average molecular weight is 222 g/mol. The van der Waals surface area contributed by atoms with Crippen LogP contribution in [0.25, 0.3) is 0 Å². The zero-order valence-corrected chi connectivity index (χ0v) is 8.87. The van der Waals surface area contributed by atoms with Gasteiger partial charge in [0, 0.05) is 12.6 Å². The lowest BCUT2D eigenvalue weighted by Crippen LogP contribution is -2.19. The van der Waals surface area contributed by atoms with Crippen LogP contribution in [-0.4, -0.2) is 27.2 Å². The van der Waals surface area contributed by atoms with Crippen molar-refractivity contribution < 1.29 is 14.6 Å². The van der Waals surface area contributed by atoms with Gasteiger partial charge in [0.05, 0.1) is 24.1 Å². The van der Waals surface area contributed by atoms with Gasteiger partial charge in [-0.3, -0.25) is 4.79 Å². The second kappa shape index (κ2) is 3.59. The van der Waals surface area contributed by atoms with Crippen LogP contribution in [-0.2, 0) is 9.53 Å². The first-order valence-electron chi connectivity index (χ1n) is 5.63. The molecule has 1 N–H and O–H groups in total. The molecular weight excluding hydrogens is 208 g/mol. The van der Waals surface area contributed by atoms with Gasteiger partial charge in [-0.25, -0.2) is 4.98 Å². The number of imidazole rings is 1. The van der Waals surface area contributed by atoms with Gasteiger partial charge in [-0.1, -0.05) is 0 Å². The van der Waals surface area contributed by atoms with Gasteiger partial charge < -0.3 is 14.4 Å². The molecular formula is C11H14N2O3. The van der Waals surface area contributed by atoms with Crippen molar-refractivity contribution >= 4 is 5.97 Å². The van der Waals surface area contributed by atoms with E-state index in [9.17, 15) is 4.79 Å². The Balaban J connectivity index is 1.90. The molecule has 0 spiro atoms. The SMILES string of the molecule is O=C(O)C1CCOC1c1cncn1C1CC1. The number of carboxylic acid groups (broad SMARTS) is 1. The van der Waals surface area contributed by atoms with E-state index in [1.807, 2.05) is 0 Å². The molecule has 1 saturated carbocycles. The average Bonchev–Trinajstić information content (AvgIpc) is 2.82. The van der Waals surface area contributed by atoms with E-state index in [1.165, 1.54) is 0 Å². The largest absolute Gasteiger partial charge is 0.481 e. The standard InChI is InChI=1S/C11H14N2O3/c14-11(15)8-3-4-16-10(8)9-5-12-6-13(9)7-1-2-7/h5-8,10H,1-4H2,(H,14,15). The van der Waals surface area contributed by atoms with Crippen LogP contribution in [0, 0.1) is 5.92 Å². The van der Waals surface area contributed by atoms with E-state index in [0.717, 1.165) is 18.5 Å². The van der Waals surface area contributed by atoms with Crippen molar-refractivity contribution in [1.29, 1.82) is 0 Å². The molecule has 5 nitrogen and oxygen atoms in total. The molecule has 0 bridgehead atoms. The van der Waals surface area contributed by atoms with Gasteiger partial charge in [-0.15, -0.1) is 0 Å². The third-order valence-electron chi connectivity index (χ3n) is 3.34. The van der Waals surface area contributed by atoms with Crippen molar-refractivity contribution in [2.45, 2.75) is 31.4 Å². The normalized spacial score (nSPS) is 29.5. The molecule has 1 aromatic rings. The van der Waals surface area contributed by atoms with Crippen LogP contribution < -0.4 is 0 Å². The summed E-state index contributed by atoms with van der Waals surface area (Å²) in [5.74, 6) is -1.19. The lowest BCUT2D eigenvalue weighted by atomic mass is 9.99. The Labute approximate surface area is 93.0 Å². The quantitative estimate of drug-likeness (QED) is 0.839. The summed E-state index contributed by atoms with van der Waals surface area (Å²) in [5.41, 5.74) is 0.924. The molecule has 5 heteroatoms. The first-order chi connectivity index (χ1) is 7.77. The Hall–Kier alpha value is -1.36. The lowest BCUT2D eigenvalue weighted by Gasteiger charge is -2.16. The fourth-order valence-electron chi connectivity index (χ4n) is 2.33. The molecule has 2 fully saturated rings. The van der Waals surface area contributed by atoms with Crippen LogP contribution in [0.5, 0.6) is 0 Å². The summed E-state index contributed by atoms with van der Waals surface area (Å²) in [6.45, 7) is 0.525. The molecule has 1 aliphatic carbocycles. The summed E-state index contributed by atoms with van der Waals surface area (Å²) in [6.07, 6.45) is 6.12. The van der Waals surface area contributed by atoms with Gasteiger partial charge in [-0.05, 0) is 19.3 Å². The highest BCUT2D eigenvalue weighted by Gasteiger charge is 2.38. The number of hydrogen-bond acceptors (Lipinski definition) is 3. The molecule has 0 amide bonds. The van der Waals surface area contributed by atoms with Gasteiger partial charge in [0.15, 0.2) is 0 Å². The lowest BCUT2D eigenvalue weighted by molar-refractivity contribution is -0.143. The summed E-state index contributed by atoms with van der Waals surface area (Å²) in [4.78, 5) is 15.2. The van der Waals surface area contributed by atoms with Crippen molar-refractivity contribution in [3.05, 3.63) is 18.2 Å². The van der Waals surface area contributed by atoms with E-state index in [1.54, 1.807) is 12.5 Å². The minimum atomic E-state index is -0.772.